The van der Waals surface area contributed by atoms with Gasteiger partial charge in [-0.2, -0.15) is 13.2 Å². The number of carbonyl (C=O) groups excluding carboxylic acids is 2. The van der Waals surface area contributed by atoms with Crippen LogP contribution in [0.1, 0.15) is 70.6 Å². The average Bonchev–Trinajstić information content (AvgIpc) is 3.21. The molecule has 0 bridgehead atoms. The van der Waals surface area contributed by atoms with Gasteiger partial charge < -0.3 is 20.1 Å². The molecule has 0 radical (unpaired) electrons. The van der Waals surface area contributed by atoms with Crippen LogP contribution in [0.4, 0.5) is 13.2 Å². The van der Waals surface area contributed by atoms with Gasteiger partial charge in [0.15, 0.2) is 5.78 Å². The normalized spacial score (nSPS) is 11.6. The van der Waals surface area contributed by atoms with Crippen LogP contribution in [0.2, 0.25) is 5.02 Å². The number of aromatic hydroxyl groups is 1. The first-order chi connectivity index (χ1) is 17.2. The highest BCUT2D eigenvalue weighted by atomic mass is 35.5. The highest BCUT2D eigenvalue weighted by Crippen LogP contribution is 2.44. The number of nitrogens with one attached hydrogen (secondary N) is 2. The van der Waals surface area contributed by atoms with E-state index in [-0.39, 0.29) is 42.9 Å². The highest BCUT2D eigenvalue weighted by Gasteiger charge is 2.40. The molecule has 0 aliphatic rings. The molecule has 0 saturated heterocycles. The lowest BCUT2D eigenvalue weighted by atomic mass is 9.87. The average molecular weight is 574 g/mol. The quantitative estimate of drug-likeness (QED) is 0.262. The summed E-state index contributed by atoms with van der Waals surface area (Å²) in [6.45, 7) is 6.87. The van der Waals surface area contributed by atoms with Crippen LogP contribution in [0.15, 0.2) is 36.5 Å². The lowest BCUT2D eigenvalue weighted by Crippen LogP contribution is -2.23. The Bertz CT molecular complexity index is 1320. The van der Waals surface area contributed by atoms with E-state index in [0.717, 1.165) is 12.1 Å². The first-order valence-corrected chi connectivity index (χ1v) is 11.7. The van der Waals surface area contributed by atoms with Gasteiger partial charge in [-0.3, -0.25) is 9.59 Å². The summed E-state index contributed by atoms with van der Waals surface area (Å²) >= 11 is 6.30. The standard InChI is InChI=1S/C26H27ClF3N3O4.ClH/c1-14-31-12-19(33-14)24(36)32-11-15-5-6-16(18(27)9-15)13-37-21-8-7-17(20(34)10-25(2,3)4)23(35)22(21)26(28,29)30;/h5-9,12,35H,10-11,13H2,1-4H3,(H,31,33)(H,32,36);1H. The van der Waals surface area contributed by atoms with Gasteiger partial charge >= 0.3 is 6.18 Å². The van der Waals surface area contributed by atoms with Crippen molar-refractivity contribution in [2.45, 2.75) is 53.4 Å². The van der Waals surface area contributed by atoms with Gasteiger partial charge in [-0.1, -0.05) is 44.5 Å². The van der Waals surface area contributed by atoms with E-state index in [4.69, 9.17) is 16.3 Å². The van der Waals surface area contributed by atoms with E-state index >= 15 is 0 Å². The zero-order valence-electron chi connectivity index (χ0n) is 21.1. The summed E-state index contributed by atoms with van der Waals surface area (Å²) in [5, 5.41) is 13.3. The van der Waals surface area contributed by atoms with E-state index in [2.05, 4.69) is 15.3 Å². The smallest absolute Gasteiger partial charge is 0.423 e. The Labute approximate surface area is 229 Å². The molecule has 0 aliphatic carbocycles. The Morgan fingerprint density at radius 1 is 1.16 bits per heavy atom. The number of alkyl halides is 3. The molecular weight excluding hydrogens is 546 g/mol. The Kier molecular flexibility index (Phi) is 9.85. The highest BCUT2D eigenvalue weighted by molar-refractivity contribution is 6.31. The molecular formula is C26H28Cl2F3N3O4. The molecule has 3 aromatic rings. The summed E-state index contributed by atoms with van der Waals surface area (Å²) in [4.78, 5) is 31.4. The van der Waals surface area contributed by atoms with Crippen molar-refractivity contribution in [3.8, 4) is 11.5 Å². The van der Waals surface area contributed by atoms with Gasteiger partial charge in [-0.25, -0.2) is 4.98 Å². The first kappa shape index (κ1) is 31.0. The summed E-state index contributed by atoms with van der Waals surface area (Å²) in [5.41, 5.74) is -0.944. The number of aromatic nitrogens is 2. The number of aryl methyl sites for hydroxylation is 1. The maximum Gasteiger partial charge on any atom is 0.423 e. The Balaban J connectivity index is 0.00000507. The summed E-state index contributed by atoms with van der Waals surface area (Å²) in [5.74, 6) is -2.14. The number of nitrogens with zero attached hydrogens (tertiary/aromatic N) is 1. The van der Waals surface area contributed by atoms with Crippen LogP contribution in [0.5, 0.6) is 11.5 Å². The fourth-order valence-corrected chi connectivity index (χ4v) is 3.81. The Hall–Kier alpha value is -3.24. The third kappa shape index (κ3) is 7.88. The number of imidazole rings is 1. The largest absolute Gasteiger partial charge is 0.506 e. The zero-order valence-corrected chi connectivity index (χ0v) is 22.7. The molecule has 0 fully saturated rings. The number of aromatic amines is 1. The van der Waals surface area contributed by atoms with Crippen molar-refractivity contribution in [3.63, 3.8) is 0 Å². The van der Waals surface area contributed by atoms with Gasteiger partial charge in [-0.15, -0.1) is 12.4 Å². The minimum absolute atomic E-state index is 0. The van der Waals surface area contributed by atoms with E-state index in [0.29, 0.717) is 22.6 Å². The van der Waals surface area contributed by atoms with Crippen LogP contribution in [-0.4, -0.2) is 26.8 Å². The van der Waals surface area contributed by atoms with Gasteiger partial charge in [0.05, 0.1) is 11.8 Å². The number of hydrogen-bond acceptors (Lipinski definition) is 5. The number of H-pyrrole nitrogens is 1. The SMILES string of the molecule is Cc1ncc(C(=O)NCc2ccc(COc3ccc(C(=O)CC(C)(C)C)c(O)c3C(F)(F)F)c(Cl)c2)[nH]1.Cl. The summed E-state index contributed by atoms with van der Waals surface area (Å²) in [6.07, 6.45) is -3.59. The van der Waals surface area contributed by atoms with E-state index < -0.39 is 40.0 Å². The molecule has 3 rings (SSSR count). The van der Waals surface area contributed by atoms with Crippen LogP contribution in [0, 0.1) is 12.3 Å². The maximum atomic E-state index is 13.8. The molecule has 0 aliphatic heterocycles. The second-order valence-corrected chi connectivity index (χ2v) is 10.2. The van der Waals surface area contributed by atoms with Gasteiger partial charge in [-0.05, 0) is 36.1 Å². The predicted molar refractivity (Wildman–Crippen MR) is 139 cm³/mol. The summed E-state index contributed by atoms with van der Waals surface area (Å²) in [6, 6.07) is 6.93. The third-order valence-electron chi connectivity index (χ3n) is 5.32. The van der Waals surface area contributed by atoms with Crippen molar-refractivity contribution in [1.29, 1.82) is 0 Å². The Morgan fingerprint density at radius 3 is 2.39 bits per heavy atom. The Morgan fingerprint density at radius 2 is 1.84 bits per heavy atom. The molecule has 0 atom stereocenters. The number of amides is 1. The number of phenols is 1. The lowest BCUT2D eigenvalue weighted by molar-refractivity contribution is -0.140. The molecule has 7 nitrogen and oxygen atoms in total. The number of carbonyl (C=O) groups is 2. The number of ether oxygens (including phenoxy) is 1. The summed E-state index contributed by atoms with van der Waals surface area (Å²) in [7, 11) is 0. The van der Waals surface area contributed by atoms with Crippen LogP contribution in [0.3, 0.4) is 0 Å². The number of Topliss-reactive ketones (excluding diaryl/α,β-unsaturated/α-hetero) is 1. The number of rotatable bonds is 8. The van der Waals surface area contributed by atoms with Crippen molar-refractivity contribution in [2.24, 2.45) is 5.41 Å². The van der Waals surface area contributed by atoms with Crippen LogP contribution >= 0.6 is 24.0 Å². The maximum absolute atomic E-state index is 13.8. The number of benzene rings is 2. The molecule has 12 heteroatoms. The van der Waals surface area contributed by atoms with Gasteiger partial charge in [0.25, 0.3) is 5.91 Å². The van der Waals surface area contributed by atoms with Crippen molar-refractivity contribution in [1.82, 2.24) is 15.3 Å². The molecule has 1 heterocycles. The summed E-state index contributed by atoms with van der Waals surface area (Å²) < 4.78 is 46.8. The van der Waals surface area contributed by atoms with Crippen LogP contribution in [0.25, 0.3) is 0 Å². The molecule has 1 amide bonds. The zero-order chi connectivity index (χ0) is 27.5. The third-order valence-corrected chi connectivity index (χ3v) is 5.67. The fraction of sp³-hybridized carbons (Fsp3) is 0.346. The molecule has 1 aromatic heterocycles. The van der Waals surface area contributed by atoms with Crippen molar-refractivity contribution < 1.29 is 32.6 Å². The molecule has 38 heavy (non-hydrogen) atoms. The molecule has 0 saturated carbocycles. The molecule has 0 unspecified atom stereocenters. The fourth-order valence-electron chi connectivity index (χ4n) is 3.56. The van der Waals surface area contributed by atoms with Crippen molar-refractivity contribution in [2.75, 3.05) is 0 Å². The lowest BCUT2D eigenvalue weighted by Gasteiger charge is -2.20. The topological polar surface area (TPSA) is 104 Å². The van der Waals surface area contributed by atoms with Gasteiger partial charge in [0.1, 0.15) is 35.2 Å². The second-order valence-electron chi connectivity index (χ2n) is 9.77. The number of ketones is 1. The van der Waals surface area contributed by atoms with Gasteiger partial charge in [0.2, 0.25) is 0 Å². The molecule has 3 N–H and O–H groups in total. The monoisotopic (exact) mass is 573 g/mol. The number of halogens is 5. The molecule has 0 spiro atoms. The van der Waals surface area contributed by atoms with Crippen LogP contribution < -0.4 is 10.1 Å². The van der Waals surface area contributed by atoms with Gasteiger partial charge in [0, 0.05) is 23.6 Å². The molecule has 206 valence electrons. The number of phenolic OH excluding ortho intramolecular Hbond substituents is 1. The minimum atomic E-state index is -4.96. The second kappa shape index (κ2) is 12.1. The van der Waals surface area contributed by atoms with Crippen molar-refractivity contribution in [3.05, 3.63) is 75.3 Å². The minimum Gasteiger partial charge on any atom is -0.506 e. The number of hydrogen-bond donors (Lipinski definition) is 3. The van der Waals surface area contributed by atoms with Crippen LogP contribution in [-0.2, 0) is 19.3 Å². The first-order valence-electron chi connectivity index (χ1n) is 11.3. The molecule has 2 aromatic carbocycles. The van der Waals surface area contributed by atoms with Crippen molar-refractivity contribution >= 4 is 35.7 Å². The predicted octanol–water partition coefficient (Wildman–Crippen LogP) is 6.65. The van der Waals surface area contributed by atoms with E-state index in [1.165, 1.54) is 6.20 Å². The van der Waals surface area contributed by atoms with E-state index in [9.17, 15) is 27.9 Å². The van der Waals surface area contributed by atoms with E-state index in [1.54, 1.807) is 45.9 Å². The van der Waals surface area contributed by atoms with E-state index in [1.807, 2.05) is 0 Å².